The third-order valence-corrected chi connectivity index (χ3v) is 1.38. The Balaban J connectivity index is 2.54. The van der Waals surface area contributed by atoms with Gasteiger partial charge in [0.15, 0.2) is 0 Å². The molecule has 0 saturated heterocycles. The first-order valence-corrected chi connectivity index (χ1v) is 3.10. The molecule has 0 atom stereocenters. The summed E-state index contributed by atoms with van der Waals surface area (Å²) in [6.45, 7) is 2.80. The standard InChI is InChI=1S/C8H6N2/c1-2-4-8-7(3-1)9-5-6-10-8/h1-5,10H. The molecule has 2 rings (SSSR count). The summed E-state index contributed by atoms with van der Waals surface area (Å²) in [6.07, 6.45) is 1.63. The van der Waals surface area contributed by atoms with Crippen molar-refractivity contribution in [3.8, 4) is 0 Å². The van der Waals surface area contributed by atoms with Gasteiger partial charge < -0.3 is 5.32 Å². The molecule has 1 N–H and O–H groups in total. The molecule has 0 amide bonds. The van der Waals surface area contributed by atoms with E-state index >= 15 is 0 Å². The minimum Gasteiger partial charge on any atom is -0.368 e. The number of aliphatic imine (C=N–C) groups is 1. The number of hydrogen-bond acceptors (Lipinski definition) is 2. The van der Waals surface area contributed by atoms with E-state index in [4.69, 9.17) is 0 Å². The van der Waals surface area contributed by atoms with Crippen LogP contribution < -0.4 is 5.32 Å². The van der Waals surface area contributed by atoms with Crippen molar-refractivity contribution in [2.45, 2.75) is 0 Å². The molecule has 1 aromatic carbocycles. The third-order valence-electron chi connectivity index (χ3n) is 1.38. The fraction of sp³-hybridized carbons (Fsp3) is 0. The third kappa shape index (κ3) is 0.778. The zero-order valence-electron chi connectivity index (χ0n) is 5.33. The second-order valence-corrected chi connectivity index (χ2v) is 2.04. The van der Waals surface area contributed by atoms with Crippen molar-refractivity contribution < 1.29 is 0 Å². The van der Waals surface area contributed by atoms with Gasteiger partial charge in [0.1, 0.15) is 6.54 Å². The highest BCUT2D eigenvalue weighted by molar-refractivity contribution is 5.84. The topological polar surface area (TPSA) is 24.4 Å². The van der Waals surface area contributed by atoms with Crippen LogP contribution >= 0.6 is 0 Å². The fourth-order valence-electron chi connectivity index (χ4n) is 0.904. The Morgan fingerprint density at radius 2 is 2.20 bits per heavy atom. The number of para-hydroxylation sites is 2. The quantitative estimate of drug-likeness (QED) is 0.569. The molecule has 0 saturated carbocycles. The molecule has 10 heavy (non-hydrogen) atoms. The van der Waals surface area contributed by atoms with Gasteiger partial charge in [-0.25, -0.2) is 0 Å². The predicted octanol–water partition coefficient (Wildman–Crippen LogP) is 1.85. The van der Waals surface area contributed by atoms with E-state index in [0.717, 1.165) is 11.4 Å². The lowest BCUT2D eigenvalue weighted by Gasteiger charge is -2.08. The predicted molar refractivity (Wildman–Crippen MR) is 41.5 cm³/mol. The first-order valence-electron chi connectivity index (χ1n) is 3.10. The highest BCUT2D eigenvalue weighted by Crippen LogP contribution is 2.25. The van der Waals surface area contributed by atoms with Crippen LogP contribution in [0.25, 0.3) is 0 Å². The van der Waals surface area contributed by atoms with Crippen LogP contribution in [0.4, 0.5) is 11.4 Å². The smallest absolute Gasteiger partial charge is 0.135 e. The number of rotatable bonds is 0. The van der Waals surface area contributed by atoms with Crippen LogP contribution in [0.15, 0.2) is 29.3 Å². The van der Waals surface area contributed by atoms with Crippen LogP contribution in [0.2, 0.25) is 0 Å². The molecule has 2 heteroatoms. The van der Waals surface area contributed by atoms with Gasteiger partial charge in [0.25, 0.3) is 0 Å². The van der Waals surface area contributed by atoms with E-state index in [0.29, 0.717) is 0 Å². The van der Waals surface area contributed by atoms with E-state index in [1.165, 1.54) is 0 Å². The van der Waals surface area contributed by atoms with Gasteiger partial charge in [-0.15, -0.1) is 0 Å². The SMILES string of the molecule is [C]1C=Nc2ccccc2N1. The van der Waals surface area contributed by atoms with Gasteiger partial charge in [0.2, 0.25) is 0 Å². The first kappa shape index (κ1) is 5.47. The Kier molecular flexibility index (Phi) is 1.17. The lowest BCUT2D eigenvalue weighted by Crippen LogP contribution is -1.99. The molecule has 0 fully saturated rings. The van der Waals surface area contributed by atoms with E-state index in [9.17, 15) is 0 Å². The number of hydrogen-bond donors (Lipinski definition) is 1. The normalized spacial score (nSPS) is 14.0. The summed E-state index contributed by atoms with van der Waals surface area (Å²) in [4.78, 5) is 4.09. The van der Waals surface area contributed by atoms with Crippen LogP contribution in [0.5, 0.6) is 0 Å². The molecule has 0 unspecified atom stereocenters. The molecule has 0 aliphatic carbocycles. The Morgan fingerprint density at radius 1 is 1.30 bits per heavy atom. The zero-order valence-corrected chi connectivity index (χ0v) is 5.33. The van der Waals surface area contributed by atoms with E-state index in [1.54, 1.807) is 6.21 Å². The molecule has 1 aliphatic heterocycles. The van der Waals surface area contributed by atoms with Gasteiger partial charge in [-0.2, -0.15) is 0 Å². The molecule has 1 heterocycles. The van der Waals surface area contributed by atoms with E-state index < -0.39 is 0 Å². The molecule has 0 bridgehead atoms. The summed E-state index contributed by atoms with van der Waals surface area (Å²) >= 11 is 0. The molecular weight excluding hydrogens is 124 g/mol. The largest absolute Gasteiger partial charge is 0.368 e. The molecule has 2 nitrogen and oxygen atoms in total. The van der Waals surface area contributed by atoms with Gasteiger partial charge in [-0.1, -0.05) is 12.1 Å². The minimum absolute atomic E-state index is 0.973. The van der Waals surface area contributed by atoms with Gasteiger partial charge >= 0.3 is 0 Å². The number of nitrogens with one attached hydrogen (secondary N) is 1. The van der Waals surface area contributed by atoms with Crippen molar-refractivity contribution in [2.75, 3.05) is 5.32 Å². The lowest BCUT2D eigenvalue weighted by atomic mass is 10.2. The Labute approximate surface area is 59.6 Å². The van der Waals surface area contributed by atoms with Gasteiger partial charge in [0.05, 0.1) is 11.4 Å². The summed E-state index contributed by atoms with van der Waals surface area (Å²) in [5, 5.41) is 2.96. The number of anilines is 1. The van der Waals surface area contributed by atoms with E-state index in [2.05, 4.69) is 16.9 Å². The average Bonchev–Trinajstić information content (AvgIpc) is 2.05. The van der Waals surface area contributed by atoms with Gasteiger partial charge in [0, 0.05) is 6.21 Å². The van der Waals surface area contributed by atoms with E-state index in [1.807, 2.05) is 24.3 Å². The lowest BCUT2D eigenvalue weighted by molar-refractivity contribution is 1.42. The van der Waals surface area contributed by atoms with Crippen LogP contribution in [0, 0.1) is 6.54 Å². The maximum atomic E-state index is 4.09. The fourth-order valence-corrected chi connectivity index (χ4v) is 0.904. The second-order valence-electron chi connectivity index (χ2n) is 2.04. The molecule has 0 spiro atoms. The van der Waals surface area contributed by atoms with Crippen LogP contribution in [-0.4, -0.2) is 6.21 Å². The van der Waals surface area contributed by atoms with Crippen molar-refractivity contribution >= 4 is 17.6 Å². The van der Waals surface area contributed by atoms with Crippen molar-refractivity contribution in [1.29, 1.82) is 0 Å². The van der Waals surface area contributed by atoms with Crippen molar-refractivity contribution in [3.63, 3.8) is 0 Å². The zero-order chi connectivity index (χ0) is 6.81. The average molecular weight is 130 g/mol. The summed E-state index contributed by atoms with van der Waals surface area (Å²) in [6, 6.07) is 7.86. The summed E-state index contributed by atoms with van der Waals surface area (Å²) in [5.41, 5.74) is 1.99. The van der Waals surface area contributed by atoms with E-state index in [-0.39, 0.29) is 0 Å². The number of nitrogens with zero attached hydrogens (tertiary/aromatic N) is 1. The van der Waals surface area contributed by atoms with Crippen LogP contribution in [0.3, 0.4) is 0 Å². The maximum absolute atomic E-state index is 4.09. The highest BCUT2D eigenvalue weighted by atomic mass is 14.9. The molecule has 1 aliphatic rings. The summed E-state index contributed by atoms with van der Waals surface area (Å²) in [5.74, 6) is 0. The van der Waals surface area contributed by atoms with Crippen LogP contribution in [-0.2, 0) is 0 Å². The summed E-state index contributed by atoms with van der Waals surface area (Å²) in [7, 11) is 0. The van der Waals surface area contributed by atoms with Crippen molar-refractivity contribution in [2.24, 2.45) is 4.99 Å². The van der Waals surface area contributed by atoms with Crippen LogP contribution in [0.1, 0.15) is 0 Å². The molecule has 48 valence electrons. The Hall–Kier alpha value is -1.31. The van der Waals surface area contributed by atoms with Gasteiger partial charge in [-0.05, 0) is 12.1 Å². The molecule has 2 radical (unpaired) electrons. The monoisotopic (exact) mass is 130 g/mol. The maximum Gasteiger partial charge on any atom is 0.135 e. The highest BCUT2D eigenvalue weighted by Gasteiger charge is 2.01. The Bertz CT molecular complexity index is 266. The number of benzene rings is 1. The molecule has 0 aromatic heterocycles. The van der Waals surface area contributed by atoms with Crippen molar-refractivity contribution in [1.82, 2.24) is 0 Å². The molecular formula is C8H6N2. The minimum atomic E-state index is 0.973. The molecule has 1 aromatic rings. The van der Waals surface area contributed by atoms with Gasteiger partial charge in [-0.3, -0.25) is 4.99 Å². The second kappa shape index (κ2) is 2.14. The van der Waals surface area contributed by atoms with Crippen molar-refractivity contribution in [3.05, 3.63) is 30.8 Å². The number of fused-ring (bicyclic) bond motifs is 1. The Morgan fingerprint density at radius 3 is 3.10 bits per heavy atom. The summed E-state index contributed by atoms with van der Waals surface area (Å²) < 4.78 is 0. The first-order chi connectivity index (χ1) is 4.97.